The third kappa shape index (κ3) is 2.45. The Balaban J connectivity index is 2.29. The van der Waals surface area contributed by atoms with Gasteiger partial charge in [0.2, 0.25) is 5.91 Å². The average molecular weight is 279 g/mol. The SMILES string of the molecule is CNC(=O)C1CCCN1C(=O)c1cc(N)c(C)c(F)c1. The molecule has 1 aromatic rings. The summed E-state index contributed by atoms with van der Waals surface area (Å²) in [6.45, 7) is 2.05. The van der Waals surface area contributed by atoms with Crippen molar-refractivity contribution in [3.8, 4) is 0 Å². The first-order chi connectivity index (χ1) is 9.45. The molecule has 20 heavy (non-hydrogen) atoms. The van der Waals surface area contributed by atoms with Crippen molar-refractivity contribution in [2.24, 2.45) is 0 Å². The fraction of sp³-hybridized carbons (Fsp3) is 0.429. The molecule has 0 bridgehead atoms. The van der Waals surface area contributed by atoms with Crippen LogP contribution >= 0.6 is 0 Å². The summed E-state index contributed by atoms with van der Waals surface area (Å²) in [6.07, 6.45) is 1.38. The Morgan fingerprint density at radius 1 is 1.45 bits per heavy atom. The van der Waals surface area contributed by atoms with Crippen LogP contribution < -0.4 is 11.1 Å². The number of likely N-dealkylation sites (tertiary alicyclic amines) is 1. The highest BCUT2D eigenvalue weighted by atomic mass is 19.1. The molecule has 3 N–H and O–H groups in total. The van der Waals surface area contributed by atoms with Crippen LogP contribution in [0.25, 0.3) is 0 Å². The minimum absolute atomic E-state index is 0.182. The molecule has 1 aliphatic heterocycles. The standard InChI is InChI=1S/C14H18FN3O2/c1-8-10(15)6-9(7-11(8)16)14(20)18-5-3-4-12(18)13(19)17-2/h6-7,12H,3-5,16H2,1-2H3,(H,17,19). The van der Waals surface area contributed by atoms with Crippen molar-refractivity contribution in [1.29, 1.82) is 0 Å². The van der Waals surface area contributed by atoms with Crippen LogP contribution in [0.1, 0.15) is 28.8 Å². The molecule has 1 fully saturated rings. The first kappa shape index (κ1) is 14.3. The maximum atomic E-state index is 13.7. The lowest BCUT2D eigenvalue weighted by molar-refractivity contribution is -0.124. The molecule has 0 aromatic heterocycles. The van der Waals surface area contributed by atoms with E-state index in [4.69, 9.17) is 5.73 Å². The van der Waals surface area contributed by atoms with Crippen LogP contribution in [-0.4, -0.2) is 36.3 Å². The molecule has 1 saturated heterocycles. The van der Waals surface area contributed by atoms with E-state index in [9.17, 15) is 14.0 Å². The van der Waals surface area contributed by atoms with Gasteiger partial charge in [0.1, 0.15) is 11.9 Å². The van der Waals surface area contributed by atoms with Crippen molar-refractivity contribution in [1.82, 2.24) is 10.2 Å². The van der Waals surface area contributed by atoms with Gasteiger partial charge in [-0.2, -0.15) is 0 Å². The number of nitrogens with one attached hydrogen (secondary N) is 1. The zero-order valence-electron chi connectivity index (χ0n) is 11.6. The summed E-state index contributed by atoms with van der Waals surface area (Å²) in [5, 5.41) is 2.54. The molecule has 0 spiro atoms. The van der Waals surface area contributed by atoms with E-state index in [2.05, 4.69) is 5.32 Å². The molecule has 5 nitrogen and oxygen atoms in total. The lowest BCUT2D eigenvalue weighted by atomic mass is 10.1. The van der Waals surface area contributed by atoms with Crippen molar-refractivity contribution in [3.63, 3.8) is 0 Å². The Hall–Kier alpha value is -2.11. The molecule has 0 saturated carbocycles. The molecule has 0 radical (unpaired) electrons. The van der Waals surface area contributed by atoms with E-state index in [1.54, 1.807) is 6.92 Å². The topological polar surface area (TPSA) is 75.4 Å². The summed E-state index contributed by atoms with van der Waals surface area (Å²) in [7, 11) is 1.53. The summed E-state index contributed by atoms with van der Waals surface area (Å²) in [4.78, 5) is 25.6. The van der Waals surface area contributed by atoms with Gasteiger partial charge in [-0.1, -0.05) is 0 Å². The van der Waals surface area contributed by atoms with Crippen molar-refractivity contribution in [3.05, 3.63) is 29.1 Å². The molecule has 0 aliphatic carbocycles. The largest absolute Gasteiger partial charge is 0.398 e. The normalized spacial score (nSPS) is 18.1. The Bertz CT molecular complexity index is 536. The zero-order chi connectivity index (χ0) is 14.9. The van der Waals surface area contributed by atoms with Gasteiger partial charge in [-0.3, -0.25) is 9.59 Å². The number of hydrogen-bond donors (Lipinski definition) is 2. The number of benzene rings is 1. The van der Waals surface area contributed by atoms with Gasteiger partial charge in [0, 0.05) is 30.4 Å². The maximum absolute atomic E-state index is 13.7. The van der Waals surface area contributed by atoms with Crippen molar-refractivity contribution in [2.45, 2.75) is 25.8 Å². The second-order valence-electron chi connectivity index (χ2n) is 4.94. The Labute approximate surface area is 116 Å². The van der Waals surface area contributed by atoms with Crippen molar-refractivity contribution >= 4 is 17.5 Å². The van der Waals surface area contributed by atoms with Gasteiger partial charge < -0.3 is 16.0 Å². The molecular formula is C14H18FN3O2. The Kier molecular flexibility index (Phi) is 3.92. The number of rotatable bonds is 2. The molecule has 6 heteroatoms. The first-order valence-electron chi connectivity index (χ1n) is 6.54. The third-order valence-electron chi connectivity index (χ3n) is 3.69. The smallest absolute Gasteiger partial charge is 0.254 e. The minimum atomic E-state index is -0.510. The van der Waals surface area contributed by atoms with E-state index in [0.29, 0.717) is 18.5 Å². The van der Waals surface area contributed by atoms with E-state index in [1.807, 2.05) is 0 Å². The van der Waals surface area contributed by atoms with Crippen LogP contribution in [0, 0.1) is 12.7 Å². The number of carbonyl (C=O) groups is 2. The van der Waals surface area contributed by atoms with Crippen molar-refractivity contribution < 1.29 is 14.0 Å². The second kappa shape index (κ2) is 5.48. The highest BCUT2D eigenvalue weighted by Gasteiger charge is 2.34. The molecule has 1 aliphatic rings. The number of hydrogen-bond acceptors (Lipinski definition) is 3. The predicted molar refractivity (Wildman–Crippen MR) is 73.7 cm³/mol. The molecule has 1 aromatic carbocycles. The highest BCUT2D eigenvalue weighted by Crippen LogP contribution is 2.23. The number of anilines is 1. The predicted octanol–water partition coefficient (Wildman–Crippen LogP) is 1.07. The van der Waals surface area contributed by atoms with Crippen LogP contribution in [-0.2, 0) is 4.79 Å². The lowest BCUT2D eigenvalue weighted by Crippen LogP contribution is -2.44. The van der Waals surface area contributed by atoms with Crippen LogP contribution in [0.15, 0.2) is 12.1 Å². The van der Waals surface area contributed by atoms with Crippen LogP contribution in [0.5, 0.6) is 0 Å². The Morgan fingerprint density at radius 3 is 2.75 bits per heavy atom. The summed E-state index contributed by atoms with van der Waals surface area (Å²) >= 11 is 0. The minimum Gasteiger partial charge on any atom is -0.398 e. The van der Waals surface area contributed by atoms with Crippen LogP contribution in [0.3, 0.4) is 0 Å². The molecule has 1 atom stereocenters. The summed E-state index contributed by atoms with van der Waals surface area (Å²) in [5.74, 6) is -1.07. The van der Waals surface area contributed by atoms with Gasteiger partial charge in [0.25, 0.3) is 5.91 Å². The van der Waals surface area contributed by atoms with Gasteiger partial charge in [0.05, 0.1) is 0 Å². The molecule has 108 valence electrons. The van der Waals surface area contributed by atoms with E-state index >= 15 is 0 Å². The van der Waals surface area contributed by atoms with Crippen molar-refractivity contribution in [2.75, 3.05) is 19.3 Å². The second-order valence-corrected chi connectivity index (χ2v) is 4.94. The molecule has 1 unspecified atom stereocenters. The van der Waals surface area contributed by atoms with Gasteiger partial charge >= 0.3 is 0 Å². The fourth-order valence-corrected chi connectivity index (χ4v) is 2.44. The average Bonchev–Trinajstić information content (AvgIpc) is 2.91. The van der Waals surface area contributed by atoms with Crippen LogP contribution in [0.2, 0.25) is 0 Å². The first-order valence-corrected chi connectivity index (χ1v) is 6.54. The van der Waals surface area contributed by atoms with Gasteiger partial charge in [-0.15, -0.1) is 0 Å². The number of nitrogens with two attached hydrogens (primary N) is 1. The molecule has 2 rings (SSSR count). The summed E-state index contributed by atoms with van der Waals surface area (Å²) < 4.78 is 13.7. The quantitative estimate of drug-likeness (QED) is 0.795. The van der Waals surface area contributed by atoms with Gasteiger partial charge in [-0.05, 0) is 31.9 Å². The number of likely N-dealkylation sites (N-methyl/N-ethyl adjacent to an activating group) is 1. The molecule has 1 heterocycles. The van der Waals surface area contributed by atoms with E-state index in [1.165, 1.54) is 24.1 Å². The number of halogens is 1. The van der Waals surface area contributed by atoms with Gasteiger partial charge in [0.15, 0.2) is 0 Å². The van der Waals surface area contributed by atoms with E-state index < -0.39 is 11.9 Å². The lowest BCUT2D eigenvalue weighted by Gasteiger charge is -2.23. The fourth-order valence-electron chi connectivity index (χ4n) is 2.44. The Morgan fingerprint density at radius 2 is 2.15 bits per heavy atom. The van der Waals surface area contributed by atoms with E-state index in [0.717, 1.165) is 6.42 Å². The number of nitrogen functional groups attached to an aromatic ring is 1. The summed E-state index contributed by atoms with van der Waals surface area (Å²) in [5.41, 5.74) is 6.44. The van der Waals surface area contributed by atoms with Crippen LogP contribution in [0.4, 0.5) is 10.1 Å². The van der Waals surface area contributed by atoms with E-state index in [-0.39, 0.29) is 23.1 Å². The monoisotopic (exact) mass is 279 g/mol. The highest BCUT2D eigenvalue weighted by molar-refractivity contribution is 5.98. The summed E-state index contributed by atoms with van der Waals surface area (Å²) in [6, 6.07) is 2.14. The number of amides is 2. The number of carbonyl (C=O) groups excluding carboxylic acids is 2. The molecular weight excluding hydrogens is 261 g/mol. The maximum Gasteiger partial charge on any atom is 0.254 e. The third-order valence-corrected chi connectivity index (χ3v) is 3.69. The van der Waals surface area contributed by atoms with Gasteiger partial charge in [-0.25, -0.2) is 4.39 Å². The number of nitrogens with zero attached hydrogens (tertiary/aromatic N) is 1. The molecule has 2 amide bonds. The zero-order valence-corrected chi connectivity index (χ0v) is 11.6.